The summed E-state index contributed by atoms with van der Waals surface area (Å²) in [6.07, 6.45) is 0.0934. The maximum Gasteiger partial charge on any atom is 0.303 e. The van der Waals surface area contributed by atoms with Crippen LogP contribution >= 0.6 is 0 Å². The highest BCUT2D eigenvalue weighted by Crippen LogP contribution is 2.15. The Balaban J connectivity index is 2.45. The van der Waals surface area contributed by atoms with Crippen molar-refractivity contribution >= 4 is 29.2 Å². The Bertz CT molecular complexity index is 599. The van der Waals surface area contributed by atoms with Crippen molar-refractivity contribution in [2.24, 2.45) is 0 Å². The fraction of sp³-hybridized carbons (Fsp3) is 0.357. The van der Waals surface area contributed by atoms with E-state index in [1.807, 2.05) is 0 Å². The monoisotopic (exact) mass is 323 g/mol. The molecule has 0 aromatic heterocycles. The summed E-state index contributed by atoms with van der Waals surface area (Å²) in [5, 5.41) is 24.0. The molecule has 0 aliphatic rings. The molecular formula is C14H17N3O6. The van der Waals surface area contributed by atoms with Crippen molar-refractivity contribution in [1.29, 1.82) is 0 Å². The van der Waals surface area contributed by atoms with E-state index in [0.29, 0.717) is 5.69 Å². The van der Waals surface area contributed by atoms with Crippen molar-refractivity contribution < 1.29 is 24.4 Å². The Labute approximate surface area is 131 Å². The van der Waals surface area contributed by atoms with Crippen molar-refractivity contribution in [3.8, 4) is 0 Å². The molecule has 1 unspecified atom stereocenters. The average Bonchev–Trinajstić information content (AvgIpc) is 2.47. The standard InChI is InChI=1S/C14H17N3O6/c1-9(15-12(18)3-2-4-13(19)20)14(21)16-10-5-7-11(8-6-10)17(22)23/h5-9H,2-4H2,1H3,(H,15,18)(H,16,21)(H,19,20). The van der Waals surface area contributed by atoms with Crippen LogP contribution in [0, 0.1) is 10.1 Å². The molecule has 1 rings (SSSR count). The molecule has 1 atom stereocenters. The summed E-state index contributed by atoms with van der Waals surface area (Å²) in [6, 6.07) is 4.47. The molecular weight excluding hydrogens is 306 g/mol. The van der Waals surface area contributed by atoms with Crippen LogP contribution in [0.3, 0.4) is 0 Å². The lowest BCUT2D eigenvalue weighted by Gasteiger charge is -2.14. The van der Waals surface area contributed by atoms with E-state index in [0.717, 1.165) is 0 Å². The molecule has 0 fully saturated rings. The molecule has 1 aromatic rings. The Morgan fingerprint density at radius 3 is 2.35 bits per heavy atom. The van der Waals surface area contributed by atoms with E-state index in [-0.39, 0.29) is 24.9 Å². The van der Waals surface area contributed by atoms with Gasteiger partial charge in [0.15, 0.2) is 0 Å². The van der Waals surface area contributed by atoms with Gasteiger partial charge in [0.2, 0.25) is 11.8 Å². The largest absolute Gasteiger partial charge is 0.481 e. The van der Waals surface area contributed by atoms with Crippen molar-refractivity contribution in [2.75, 3.05) is 5.32 Å². The lowest BCUT2D eigenvalue weighted by atomic mass is 10.2. The predicted octanol–water partition coefficient (Wildman–Crippen LogP) is 1.29. The van der Waals surface area contributed by atoms with Gasteiger partial charge in [0.1, 0.15) is 6.04 Å². The van der Waals surface area contributed by atoms with Gasteiger partial charge < -0.3 is 15.7 Å². The SMILES string of the molecule is CC(NC(=O)CCCC(=O)O)C(=O)Nc1ccc([N+](=O)[O-])cc1. The molecule has 0 spiro atoms. The zero-order chi connectivity index (χ0) is 17.4. The highest BCUT2D eigenvalue weighted by molar-refractivity contribution is 5.96. The number of non-ortho nitro benzene ring substituents is 1. The molecule has 9 nitrogen and oxygen atoms in total. The number of anilines is 1. The minimum atomic E-state index is -0.984. The van der Waals surface area contributed by atoms with E-state index in [1.54, 1.807) is 0 Å². The van der Waals surface area contributed by atoms with Crippen molar-refractivity contribution in [1.82, 2.24) is 5.32 Å². The van der Waals surface area contributed by atoms with Gasteiger partial charge in [-0.15, -0.1) is 0 Å². The average molecular weight is 323 g/mol. The van der Waals surface area contributed by atoms with Crippen LogP contribution in [0.5, 0.6) is 0 Å². The number of benzene rings is 1. The molecule has 0 heterocycles. The van der Waals surface area contributed by atoms with Gasteiger partial charge in [-0.1, -0.05) is 0 Å². The summed E-state index contributed by atoms with van der Waals surface area (Å²) >= 11 is 0. The number of nitro benzene ring substituents is 1. The highest BCUT2D eigenvalue weighted by Gasteiger charge is 2.16. The van der Waals surface area contributed by atoms with Gasteiger partial charge in [-0.2, -0.15) is 0 Å². The number of carboxylic acid groups (broad SMARTS) is 1. The molecule has 0 saturated heterocycles. The second-order valence-electron chi connectivity index (χ2n) is 4.83. The van der Waals surface area contributed by atoms with Crippen LogP contribution in [0.1, 0.15) is 26.2 Å². The van der Waals surface area contributed by atoms with E-state index in [9.17, 15) is 24.5 Å². The first-order valence-electron chi connectivity index (χ1n) is 6.86. The van der Waals surface area contributed by atoms with E-state index in [4.69, 9.17) is 5.11 Å². The van der Waals surface area contributed by atoms with Gasteiger partial charge in [-0.05, 0) is 25.5 Å². The number of nitrogens with one attached hydrogen (secondary N) is 2. The fourth-order valence-corrected chi connectivity index (χ4v) is 1.70. The first kappa shape index (κ1) is 18.1. The van der Waals surface area contributed by atoms with Crippen LogP contribution in [0.4, 0.5) is 11.4 Å². The van der Waals surface area contributed by atoms with Crippen molar-refractivity contribution in [2.45, 2.75) is 32.2 Å². The topological polar surface area (TPSA) is 139 Å². The van der Waals surface area contributed by atoms with E-state index >= 15 is 0 Å². The van der Waals surface area contributed by atoms with Gasteiger partial charge in [0, 0.05) is 30.7 Å². The summed E-state index contributed by atoms with van der Waals surface area (Å²) < 4.78 is 0. The van der Waals surface area contributed by atoms with Crippen LogP contribution < -0.4 is 10.6 Å². The number of nitrogens with zero attached hydrogens (tertiary/aromatic N) is 1. The number of rotatable bonds is 8. The van der Waals surface area contributed by atoms with Gasteiger partial charge in [-0.3, -0.25) is 24.5 Å². The number of aliphatic carboxylic acids is 1. The van der Waals surface area contributed by atoms with Crippen LogP contribution in [0.2, 0.25) is 0 Å². The summed E-state index contributed by atoms with van der Waals surface area (Å²) in [5.74, 6) is -1.88. The number of amides is 2. The van der Waals surface area contributed by atoms with Crippen LogP contribution in [-0.2, 0) is 14.4 Å². The predicted molar refractivity (Wildman–Crippen MR) is 80.8 cm³/mol. The molecule has 9 heteroatoms. The Kier molecular flexibility index (Phi) is 6.66. The smallest absolute Gasteiger partial charge is 0.303 e. The first-order chi connectivity index (χ1) is 10.8. The third-order valence-corrected chi connectivity index (χ3v) is 2.91. The fourth-order valence-electron chi connectivity index (χ4n) is 1.70. The molecule has 0 aliphatic carbocycles. The first-order valence-corrected chi connectivity index (χ1v) is 6.86. The molecule has 124 valence electrons. The zero-order valence-corrected chi connectivity index (χ0v) is 12.4. The van der Waals surface area contributed by atoms with Crippen LogP contribution in [0.25, 0.3) is 0 Å². The van der Waals surface area contributed by atoms with E-state index in [2.05, 4.69) is 10.6 Å². The molecule has 2 amide bonds. The molecule has 0 radical (unpaired) electrons. The van der Waals surface area contributed by atoms with Crippen LogP contribution in [-0.4, -0.2) is 33.9 Å². The lowest BCUT2D eigenvalue weighted by Crippen LogP contribution is -2.41. The third-order valence-electron chi connectivity index (χ3n) is 2.91. The number of nitro groups is 1. The summed E-state index contributed by atoms with van der Waals surface area (Å²) in [4.78, 5) is 43.8. The molecule has 23 heavy (non-hydrogen) atoms. The van der Waals surface area contributed by atoms with E-state index < -0.39 is 28.7 Å². The second kappa shape index (κ2) is 8.47. The normalized spacial score (nSPS) is 11.3. The van der Waals surface area contributed by atoms with E-state index in [1.165, 1.54) is 31.2 Å². The number of carbonyl (C=O) groups excluding carboxylic acids is 2. The number of carbonyl (C=O) groups is 3. The highest BCUT2D eigenvalue weighted by atomic mass is 16.6. The van der Waals surface area contributed by atoms with Crippen molar-refractivity contribution in [3.63, 3.8) is 0 Å². The second-order valence-corrected chi connectivity index (χ2v) is 4.83. The number of hydrogen-bond donors (Lipinski definition) is 3. The Morgan fingerprint density at radius 2 is 1.83 bits per heavy atom. The van der Waals surface area contributed by atoms with Crippen molar-refractivity contribution in [3.05, 3.63) is 34.4 Å². The maximum atomic E-state index is 11.9. The van der Waals surface area contributed by atoms with Crippen LogP contribution in [0.15, 0.2) is 24.3 Å². The quantitative estimate of drug-likeness (QED) is 0.486. The maximum absolute atomic E-state index is 11.9. The van der Waals surface area contributed by atoms with Gasteiger partial charge in [0.05, 0.1) is 4.92 Å². The molecule has 0 saturated carbocycles. The molecule has 1 aromatic carbocycles. The minimum Gasteiger partial charge on any atom is -0.481 e. The minimum absolute atomic E-state index is 0.0153. The Morgan fingerprint density at radius 1 is 1.22 bits per heavy atom. The zero-order valence-electron chi connectivity index (χ0n) is 12.4. The molecule has 3 N–H and O–H groups in total. The number of carboxylic acids is 1. The molecule has 0 aliphatic heterocycles. The summed E-state index contributed by atoms with van der Waals surface area (Å²) in [6.45, 7) is 1.48. The summed E-state index contributed by atoms with van der Waals surface area (Å²) in [5.41, 5.74) is 0.273. The van der Waals surface area contributed by atoms with Gasteiger partial charge in [-0.25, -0.2) is 0 Å². The van der Waals surface area contributed by atoms with Gasteiger partial charge in [0.25, 0.3) is 5.69 Å². The molecule has 0 bridgehead atoms. The van der Waals surface area contributed by atoms with Gasteiger partial charge >= 0.3 is 5.97 Å². The third kappa shape index (κ3) is 6.55. The Hall–Kier alpha value is -2.97. The summed E-state index contributed by atoms with van der Waals surface area (Å²) in [7, 11) is 0. The lowest BCUT2D eigenvalue weighted by molar-refractivity contribution is -0.384. The number of hydrogen-bond acceptors (Lipinski definition) is 5.